The number of hydrogen-bond acceptors (Lipinski definition) is 3. The number of aliphatic hydroxyl groups is 1. The highest BCUT2D eigenvalue weighted by Gasteiger charge is 2.13. The molecule has 0 atom stereocenters. The third-order valence-electron chi connectivity index (χ3n) is 1.54. The highest BCUT2D eigenvalue weighted by molar-refractivity contribution is 6.32. The smallest absolute Gasteiger partial charge is 0.339 e. The van der Waals surface area contributed by atoms with Gasteiger partial charge in [-0.05, 0) is 12.1 Å². The second kappa shape index (κ2) is 4.83. The molecule has 0 radical (unpaired) electrons. The summed E-state index contributed by atoms with van der Waals surface area (Å²) in [5.41, 5.74) is -0.00838. The summed E-state index contributed by atoms with van der Waals surface area (Å²) in [6.45, 7) is -0.172. The van der Waals surface area contributed by atoms with Crippen molar-refractivity contribution in [2.75, 3.05) is 13.2 Å². The molecule has 0 aliphatic rings. The lowest BCUT2D eigenvalue weighted by molar-refractivity contribution is 0.0691. The highest BCUT2D eigenvalue weighted by Crippen LogP contribution is 2.28. The van der Waals surface area contributed by atoms with Crippen molar-refractivity contribution in [3.8, 4) is 5.75 Å². The van der Waals surface area contributed by atoms with E-state index in [1.165, 1.54) is 18.2 Å². The summed E-state index contributed by atoms with van der Waals surface area (Å²) in [5, 5.41) is 17.5. The van der Waals surface area contributed by atoms with Crippen molar-refractivity contribution in [1.82, 2.24) is 0 Å². The van der Waals surface area contributed by atoms with Crippen LogP contribution in [0, 0.1) is 0 Å². The van der Waals surface area contributed by atoms with Gasteiger partial charge in [0.25, 0.3) is 0 Å². The van der Waals surface area contributed by atoms with E-state index < -0.39 is 5.97 Å². The van der Waals surface area contributed by atoms with E-state index in [2.05, 4.69) is 0 Å². The fourth-order valence-electron chi connectivity index (χ4n) is 0.972. The van der Waals surface area contributed by atoms with Crippen LogP contribution in [0.1, 0.15) is 10.4 Å². The van der Waals surface area contributed by atoms with Crippen molar-refractivity contribution >= 4 is 17.6 Å². The van der Waals surface area contributed by atoms with Crippen molar-refractivity contribution in [3.63, 3.8) is 0 Å². The number of ether oxygens (including phenoxy) is 1. The second-order valence-corrected chi connectivity index (χ2v) is 2.90. The Morgan fingerprint density at radius 1 is 1.50 bits per heavy atom. The summed E-state index contributed by atoms with van der Waals surface area (Å²) < 4.78 is 5.02. The number of rotatable bonds is 4. The molecule has 0 bridgehead atoms. The molecule has 2 N–H and O–H groups in total. The molecule has 1 aromatic carbocycles. The van der Waals surface area contributed by atoms with Crippen molar-refractivity contribution in [2.24, 2.45) is 0 Å². The van der Waals surface area contributed by atoms with E-state index in [4.69, 9.17) is 26.6 Å². The Balaban J connectivity index is 3.02. The Morgan fingerprint density at radius 3 is 2.79 bits per heavy atom. The number of halogens is 1. The second-order valence-electron chi connectivity index (χ2n) is 2.49. The summed E-state index contributed by atoms with van der Waals surface area (Å²) in [6, 6.07) is 4.44. The zero-order chi connectivity index (χ0) is 10.6. The Kier molecular flexibility index (Phi) is 3.73. The van der Waals surface area contributed by atoms with Gasteiger partial charge in [-0.15, -0.1) is 0 Å². The Bertz CT molecular complexity index is 338. The standard InChI is InChI=1S/C9H9ClO4/c10-7-3-1-2-6(9(12)13)8(7)14-5-4-11/h1-3,11H,4-5H2,(H,12,13). The largest absolute Gasteiger partial charge is 0.489 e. The topological polar surface area (TPSA) is 66.8 Å². The third-order valence-corrected chi connectivity index (χ3v) is 1.83. The number of hydrogen-bond donors (Lipinski definition) is 2. The quantitative estimate of drug-likeness (QED) is 0.799. The molecular formula is C9H9ClO4. The molecule has 0 fully saturated rings. The van der Waals surface area contributed by atoms with Crippen LogP contribution in [0.5, 0.6) is 5.75 Å². The van der Waals surface area contributed by atoms with E-state index >= 15 is 0 Å². The molecule has 0 unspecified atom stereocenters. The third kappa shape index (κ3) is 2.37. The zero-order valence-corrected chi connectivity index (χ0v) is 7.99. The van der Waals surface area contributed by atoms with Crippen LogP contribution in [-0.2, 0) is 0 Å². The number of aliphatic hydroxyl groups excluding tert-OH is 1. The maximum atomic E-state index is 10.7. The molecule has 0 saturated heterocycles. The van der Waals surface area contributed by atoms with Crippen molar-refractivity contribution in [1.29, 1.82) is 0 Å². The average Bonchev–Trinajstić information content (AvgIpc) is 2.15. The molecule has 0 aliphatic heterocycles. The molecule has 0 heterocycles. The van der Waals surface area contributed by atoms with Gasteiger partial charge in [0.2, 0.25) is 0 Å². The van der Waals surface area contributed by atoms with Crippen LogP contribution < -0.4 is 4.74 Å². The zero-order valence-electron chi connectivity index (χ0n) is 7.24. The molecule has 76 valence electrons. The molecule has 0 aliphatic carbocycles. The summed E-state index contributed by atoms with van der Waals surface area (Å²) in [4.78, 5) is 10.7. The van der Waals surface area contributed by atoms with Crippen LogP contribution in [-0.4, -0.2) is 29.4 Å². The Morgan fingerprint density at radius 2 is 2.21 bits per heavy atom. The van der Waals surface area contributed by atoms with Crippen LogP contribution in [0.4, 0.5) is 0 Å². The molecule has 0 saturated carbocycles. The summed E-state index contributed by atoms with van der Waals surface area (Å²) in [5.74, 6) is -1.02. The van der Waals surface area contributed by atoms with Crippen LogP contribution in [0.15, 0.2) is 18.2 Å². The van der Waals surface area contributed by atoms with Crippen LogP contribution in [0.2, 0.25) is 5.02 Å². The van der Waals surface area contributed by atoms with Crippen molar-refractivity contribution in [3.05, 3.63) is 28.8 Å². The molecule has 0 spiro atoms. The van der Waals surface area contributed by atoms with Gasteiger partial charge in [0.05, 0.1) is 11.6 Å². The number of aromatic carboxylic acids is 1. The van der Waals surface area contributed by atoms with Crippen molar-refractivity contribution < 1.29 is 19.7 Å². The van der Waals surface area contributed by atoms with Gasteiger partial charge < -0.3 is 14.9 Å². The van der Waals surface area contributed by atoms with E-state index in [-0.39, 0.29) is 29.5 Å². The molecule has 1 aromatic rings. The van der Waals surface area contributed by atoms with E-state index in [1.54, 1.807) is 0 Å². The van der Waals surface area contributed by atoms with Gasteiger partial charge >= 0.3 is 5.97 Å². The fourth-order valence-corrected chi connectivity index (χ4v) is 1.20. The molecular weight excluding hydrogens is 208 g/mol. The van der Waals surface area contributed by atoms with E-state index in [9.17, 15) is 4.79 Å². The minimum Gasteiger partial charge on any atom is -0.489 e. The van der Waals surface area contributed by atoms with Crippen LogP contribution in [0.3, 0.4) is 0 Å². The Hall–Kier alpha value is -1.26. The lowest BCUT2D eigenvalue weighted by atomic mass is 10.2. The molecule has 14 heavy (non-hydrogen) atoms. The summed E-state index contributed by atoms with van der Waals surface area (Å²) in [7, 11) is 0. The number of para-hydroxylation sites is 1. The van der Waals surface area contributed by atoms with E-state index in [0.717, 1.165) is 0 Å². The normalized spacial score (nSPS) is 9.86. The van der Waals surface area contributed by atoms with E-state index in [1.807, 2.05) is 0 Å². The van der Waals surface area contributed by atoms with Gasteiger partial charge in [-0.3, -0.25) is 0 Å². The first-order valence-electron chi connectivity index (χ1n) is 3.92. The first kappa shape index (κ1) is 10.8. The van der Waals surface area contributed by atoms with Gasteiger partial charge in [0.1, 0.15) is 12.2 Å². The van der Waals surface area contributed by atoms with Gasteiger partial charge in [-0.25, -0.2) is 4.79 Å². The first-order chi connectivity index (χ1) is 6.66. The van der Waals surface area contributed by atoms with Crippen LogP contribution in [0.25, 0.3) is 0 Å². The van der Waals surface area contributed by atoms with Crippen LogP contribution >= 0.6 is 11.6 Å². The molecule has 1 rings (SSSR count). The lowest BCUT2D eigenvalue weighted by Crippen LogP contribution is -2.07. The summed E-state index contributed by atoms with van der Waals surface area (Å²) >= 11 is 5.74. The fraction of sp³-hybridized carbons (Fsp3) is 0.222. The van der Waals surface area contributed by atoms with Gasteiger partial charge in [0.15, 0.2) is 5.75 Å². The first-order valence-corrected chi connectivity index (χ1v) is 4.30. The average molecular weight is 217 g/mol. The van der Waals surface area contributed by atoms with Crippen molar-refractivity contribution in [2.45, 2.75) is 0 Å². The predicted octanol–water partition coefficient (Wildman–Crippen LogP) is 1.41. The SMILES string of the molecule is O=C(O)c1cccc(Cl)c1OCCO. The molecule has 5 heteroatoms. The van der Waals surface area contributed by atoms with E-state index in [0.29, 0.717) is 0 Å². The Labute approximate surface area is 85.7 Å². The number of carbonyl (C=O) groups is 1. The van der Waals surface area contributed by atoms with Gasteiger partial charge in [-0.2, -0.15) is 0 Å². The molecule has 4 nitrogen and oxygen atoms in total. The van der Waals surface area contributed by atoms with Gasteiger partial charge in [0, 0.05) is 0 Å². The minimum atomic E-state index is -1.11. The highest BCUT2D eigenvalue weighted by atomic mass is 35.5. The molecule has 0 amide bonds. The lowest BCUT2D eigenvalue weighted by Gasteiger charge is -2.08. The monoisotopic (exact) mass is 216 g/mol. The van der Waals surface area contributed by atoms with Gasteiger partial charge in [-0.1, -0.05) is 17.7 Å². The number of benzene rings is 1. The summed E-state index contributed by atoms with van der Waals surface area (Å²) in [6.07, 6.45) is 0. The molecule has 0 aromatic heterocycles. The maximum absolute atomic E-state index is 10.7. The minimum absolute atomic E-state index is 0.00838. The predicted molar refractivity (Wildman–Crippen MR) is 51.0 cm³/mol. The number of carboxylic acids is 1. The maximum Gasteiger partial charge on any atom is 0.339 e. The number of carboxylic acid groups (broad SMARTS) is 1.